The monoisotopic (exact) mass is 234 g/mol. The van der Waals surface area contributed by atoms with Crippen molar-refractivity contribution in [3.05, 3.63) is 24.3 Å². The number of hydrogen-bond acceptors (Lipinski definition) is 3. The van der Waals surface area contributed by atoms with E-state index in [1.54, 1.807) is 14.2 Å². The van der Waals surface area contributed by atoms with Crippen LogP contribution in [0.25, 0.3) is 0 Å². The number of ketones is 1. The molecule has 0 amide bonds. The van der Waals surface area contributed by atoms with Crippen LogP contribution in [-0.2, 0) is 14.3 Å². The number of ether oxygens (including phenoxy) is 2. The fourth-order valence-electron chi connectivity index (χ4n) is 3.89. The number of Topliss-reactive ketones (excluding diaryl/α,β-unsaturated/α-hetero) is 1. The highest BCUT2D eigenvalue weighted by molar-refractivity contribution is 6.00. The minimum Gasteiger partial charge on any atom is -0.370 e. The van der Waals surface area contributed by atoms with Gasteiger partial charge in [0.05, 0.1) is 0 Å². The fourth-order valence-corrected chi connectivity index (χ4v) is 3.89. The summed E-state index contributed by atoms with van der Waals surface area (Å²) in [6.07, 6.45) is 9.37. The standard InChI is InChI=1S/C14H18O3/c1-13(16-2)10-7-8-14(17-3,12(13)15)11-6-4-5-9(10)11/h4,6-11H,5H2,1-3H3/t9-,10+,11-,13-,14+/m0/s1. The lowest BCUT2D eigenvalue weighted by molar-refractivity contribution is -0.187. The number of hydrogen-bond donors (Lipinski definition) is 0. The first-order valence-electron chi connectivity index (χ1n) is 6.11. The van der Waals surface area contributed by atoms with Crippen LogP contribution in [0.3, 0.4) is 0 Å². The van der Waals surface area contributed by atoms with Gasteiger partial charge >= 0.3 is 0 Å². The van der Waals surface area contributed by atoms with Crippen molar-refractivity contribution < 1.29 is 14.3 Å². The van der Waals surface area contributed by atoms with E-state index < -0.39 is 11.2 Å². The van der Waals surface area contributed by atoms with E-state index in [2.05, 4.69) is 18.2 Å². The first-order valence-corrected chi connectivity index (χ1v) is 6.11. The van der Waals surface area contributed by atoms with Crippen molar-refractivity contribution in [2.45, 2.75) is 24.5 Å². The summed E-state index contributed by atoms with van der Waals surface area (Å²) in [7, 11) is 3.24. The molecule has 0 aromatic carbocycles. The lowest BCUT2D eigenvalue weighted by Crippen LogP contribution is -2.68. The highest BCUT2D eigenvalue weighted by Crippen LogP contribution is 2.56. The highest BCUT2D eigenvalue weighted by Gasteiger charge is 2.66. The Bertz CT molecular complexity index is 425. The minimum absolute atomic E-state index is 0.0651. The predicted molar refractivity (Wildman–Crippen MR) is 63.5 cm³/mol. The van der Waals surface area contributed by atoms with Gasteiger partial charge in [0.2, 0.25) is 5.78 Å². The van der Waals surface area contributed by atoms with E-state index in [0.717, 1.165) is 6.42 Å². The third-order valence-electron chi connectivity index (χ3n) is 4.92. The molecule has 1 fully saturated rings. The molecule has 0 radical (unpaired) electrons. The second-order valence-corrected chi connectivity index (χ2v) is 5.38. The third kappa shape index (κ3) is 1.07. The van der Waals surface area contributed by atoms with Crippen LogP contribution in [0.15, 0.2) is 24.3 Å². The summed E-state index contributed by atoms with van der Waals surface area (Å²) in [5.74, 6) is 0.841. The lowest BCUT2D eigenvalue weighted by atomic mass is 9.54. The quantitative estimate of drug-likeness (QED) is 0.683. The van der Waals surface area contributed by atoms with Crippen molar-refractivity contribution in [3.63, 3.8) is 0 Å². The Balaban J connectivity index is 2.17. The zero-order valence-corrected chi connectivity index (χ0v) is 10.5. The highest BCUT2D eigenvalue weighted by atomic mass is 16.5. The molecule has 1 saturated carbocycles. The molecule has 2 bridgehead atoms. The van der Waals surface area contributed by atoms with Crippen LogP contribution >= 0.6 is 0 Å². The molecular formula is C14H18O3. The molecule has 0 spiro atoms. The van der Waals surface area contributed by atoms with E-state index in [1.165, 1.54) is 0 Å². The van der Waals surface area contributed by atoms with Gasteiger partial charge in [0.1, 0.15) is 5.60 Å². The maximum atomic E-state index is 12.7. The largest absolute Gasteiger partial charge is 0.370 e. The van der Waals surface area contributed by atoms with E-state index in [-0.39, 0.29) is 17.6 Å². The van der Waals surface area contributed by atoms with Crippen molar-refractivity contribution in [1.82, 2.24) is 0 Å². The van der Waals surface area contributed by atoms with Gasteiger partial charge in [0.15, 0.2) is 5.60 Å². The Morgan fingerprint density at radius 3 is 2.65 bits per heavy atom. The van der Waals surface area contributed by atoms with Gasteiger partial charge in [0.25, 0.3) is 0 Å². The van der Waals surface area contributed by atoms with Gasteiger partial charge in [-0.1, -0.05) is 18.2 Å². The molecule has 4 aliphatic carbocycles. The second-order valence-electron chi connectivity index (χ2n) is 5.38. The Hall–Kier alpha value is -0.930. The van der Waals surface area contributed by atoms with Crippen molar-refractivity contribution in [2.75, 3.05) is 14.2 Å². The summed E-state index contributed by atoms with van der Waals surface area (Å²) in [5.41, 5.74) is -1.55. The topological polar surface area (TPSA) is 35.5 Å². The first-order chi connectivity index (χ1) is 8.10. The molecule has 4 rings (SSSR count). The minimum atomic E-state index is -0.808. The number of methoxy groups -OCH3 is 2. The second kappa shape index (κ2) is 3.30. The zero-order chi connectivity index (χ0) is 12.3. The molecule has 0 unspecified atom stereocenters. The number of carbonyl (C=O) groups is 1. The smallest absolute Gasteiger partial charge is 0.201 e. The Morgan fingerprint density at radius 2 is 2.00 bits per heavy atom. The van der Waals surface area contributed by atoms with Crippen LogP contribution in [0, 0.1) is 17.8 Å². The van der Waals surface area contributed by atoms with Crippen molar-refractivity contribution in [1.29, 1.82) is 0 Å². The van der Waals surface area contributed by atoms with Crippen LogP contribution < -0.4 is 0 Å². The number of allylic oxidation sites excluding steroid dienone is 1. The predicted octanol–water partition coefficient (Wildman–Crippen LogP) is 1.74. The van der Waals surface area contributed by atoms with Crippen LogP contribution in [0.2, 0.25) is 0 Å². The molecule has 92 valence electrons. The fraction of sp³-hybridized carbons (Fsp3) is 0.643. The molecule has 0 saturated heterocycles. The van der Waals surface area contributed by atoms with E-state index >= 15 is 0 Å². The normalized spacial score (nSPS) is 51.0. The molecule has 3 heteroatoms. The Kier molecular flexibility index (Phi) is 2.17. The van der Waals surface area contributed by atoms with Crippen molar-refractivity contribution in [2.24, 2.45) is 17.8 Å². The summed E-state index contributed by atoms with van der Waals surface area (Å²) in [4.78, 5) is 12.7. The molecule has 4 aliphatic rings. The molecule has 0 heterocycles. The number of carbonyl (C=O) groups excluding carboxylic acids is 1. The SMILES string of the molecule is CO[C@]12C=C[C@H]([C@@H]3CC=C[C@@H]31)[C@](C)(OC)C2=O. The van der Waals surface area contributed by atoms with E-state index in [0.29, 0.717) is 5.92 Å². The lowest BCUT2D eigenvalue weighted by Gasteiger charge is -2.55. The van der Waals surface area contributed by atoms with E-state index in [9.17, 15) is 4.79 Å². The summed E-state index contributed by atoms with van der Waals surface area (Å²) in [6.45, 7) is 1.89. The van der Waals surface area contributed by atoms with Crippen LogP contribution in [0.4, 0.5) is 0 Å². The molecule has 0 aliphatic heterocycles. The maximum Gasteiger partial charge on any atom is 0.201 e. The van der Waals surface area contributed by atoms with Gasteiger partial charge in [-0.25, -0.2) is 0 Å². The average Bonchev–Trinajstić information content (AvgIpc) is 2.85. The number of fused-ring (bicyclic) bond motifs is 1. The summed E-state index contributed by atoms with van der Waals surface area (Å²) >= 11 is 0. The Morgan fingerprint density at radius 1 is 1.24 bits per heavy atom. The van der Waals surface area contributed by atoms with Gasteiger partial charge < -0.3 is 9.47 Å². The van der Waals surface area contributed by atoms with Crippen LogP contribution in [-0.4, -0.2) is 31.2 Å². The Labute approximate surface area is 101 Å². The molecule has 0 aromatic rings. The van der Waals surface area contributed by atoms with Crippen molar-refractivity contribution in [3.8, 4) is 0 Å². The van der Waals surface area contributed by atoms with Crippen molar-refractivity contribution >= 4 is 5.78 Å². The summed E-state index contributed by atoms with van der Waals surface area (Å²) in [5, 5.41) is 0. The zero-order valence-electron chi connectivity index (χ0n) is 10.5. The third-order valence-corrected chi connectivity index (χ3v) is 4.92. The van der Waals surface area contributed by atoms with Gasteiger partial charge in [0, 0.05) is 26.1 Å². The molecule has 17 heavy (non-hydrogen) atoms. The maximum absolute atomic E-state index is 12.7. The molecule has 3 nitrogen and oxygen atoms in total. The van der Waals surface area contributed by atoms with Crippen LogP contribution in [0.5, 0.6) is 0 Å². The molecular weight excluding hydrogens is 216 g/mol. The molecule has 5 atom stereocenters. The molecule has 0 N–H and O–H groups in total. The van der Waals surface area contributed by atoms with Gasteiger partial charge in [-0.15, -0.1) is 0 Å². The average molecular weight is 234 g/mol. The summed E-state index contributed by atoms with van der Waals surface area (Å²) in [6, 6.07) is 0. The van der Waals surface area contributed by atoms with E-state index in [4.69, 9.17) is 9.47 Å². The van der Waals surface area contributed by atoms with Gasteiger partial charge in [-0.05, 0) is 25.3 Å². The summed E-state index contributed by atoms with van der Waals surface area (Å²) < 4.78 is 11.2. The number of rotatable bonds is 2. The van der Waals surface area contributed by atoms with E-state index in [1.807, 2.05) is 13.0 Å². The van der Waals surface area contributed by atoms with Gasteiger partial charge in [-0.2, -0.15) is 0 Å². The first kappa shape index (κ1) is 11.2. The van der Waals surface area contributed by atoms with Crippen LogP contribution in [0.1, 0.15) is 13.3 Å². The van der Waals surface area contributed by atoms with Gasteiger partial charge in [-0.3, -0.25) is 4.79 Å². The molecule has 0 aromatic heterocycles.